The van der Waals surface area contributed by atoms with Crippen LogP contribution in [0.5, 0.6) is 0 Å². The van der Waals surface area contributed by atoms with Gasteiger partial charge in [-0.15, -0.1) is 0 Å². The lowest BCUT2D eigenvalue weighted by atomic mass is 10.2. The molecule has 0 amide bonds. The van der Waals surface area contributed by atoms with Gasteiger partial charge in [-0.25, -0.2) is 4.57 Å². The van der Waals surface area contributed by atoms with Crippen molar-refractivity contribution < 1.29 is 18.9 Å². The summed E-state index contributed by atoms with van der Waals surface area (Å²) < 4.78 is 14.4. The topological polar surface area (TPSA) is 145 Å². The summed E-state index contributed by atoms with van der Waals surface area (Å²) in [5.74, 6) is 0. The lowest BCUT2D eigenvalue weighted by Gasteiger charge is -2.03. The molecular formula is C9H30N3O4P. The molecule has 0 bridgehead atoms. The van der Waals surface area contributed by atoms with E-state index in [0.717, 1.165) is 25.7 Å². The molecule has 17 heavy (non-hydrogen) atoms. The highest BCUT2D eigenvalue weighted by molar-refractivity contribution is 7.46. The van der Waals surface area contributed by atoms with E-state index in [0.29, 0.717) is 0 Å². The molecule has 0 aliphatic carbocycles. The summed E-state index contributed by atoms with van der Waals surface area (Å²) in [5, 5.41) is 0. The first-order valence-corrected chi connectivity index (χ1v) is 7.02. The van der Waals surface area contributed by atoms with E-state index < -0.39 is 7.82 Å². The van der Waals surface area contributed by atoms with E-state index in [4.69, 9.17) is 9.79 Å². The smallest absolute Gasteiger partial charge is 0.333 e. The number of rotatable bonds is 6. The standard InChI is InChI=1S/C6H15O4P.3CH5N/c1-2-3-4-5-6-10-11(7,8)9;3*1-2/h2-6H2,1H3,(H2,7,8,9);3*2H2,1H3. The summed E-state index contributed by atoms with van der Waals surface area (Å²) in [6, 6.07) is 0. The highest BCUT2D eigenvalue weighted by Gasteiger charge is 2.11. The largest absolute Gasteiger partial charge is 0.469 e. The molecule has 0 saturated carbocycles. The second kappa shape index (κ2) is 25.0. The molecule has 0 aliphatic heterocycles. The average molecular weight is 275 g/mol. The zero-order valence-electron chi connectivity index (χ0n) is 11.4. The van der Waals surface area contributed by atoms with Crippen molar-refractivity contribution in [2.24, 2.45) is 17.2 Å². The molecule has 0 aromatic rings. The fourth-order valence-corrected chi connectivity index (χ4v) is 1.08. The van der Waals surface area contributed by atoms with Crippen LogP contribution >= 0.6 is 7.82 Å². The van der Waals surface area contributed by atoms with Crippen LogP contribution in [0.3, 0.4) is 0 Å². The molecule has 7 nitrogen and oxygen atoms in total. The van der Waals surface area contributed by atoms with Gasteiger partial charge < -0.3 is 27.0 Å². The highest BCUT2D eigenvalue weighted by Crippen LogP contribution is 2.35. The summed E-state index contributed by atoms with van der Waals surface area (Å²) in [6.07, 6.45) is 3.88. The van der Waals surface area contributed by atoms with Crippen molar-refractivity contribution in [2.75, 3.05) is 27.7 Å². The number of nitrogens with two attached hydrogens (primary N) is 3. The Kier molecular flexibility index (Phi) is 37.8. The third kappa shape index (κ3) is 49.0. The van der Waals surface area contributed by atoms with E-state index in [-0.39, 0.29) is 6.61 Å². The maximum absolute atomic E-state index is 10.1. The molecule has 0 heterocycles. The van der Waals surface area contributed by atoms with Gasteiger partial charge in [0.2, 0.25) is 0 Å². The molecule has 0 aromatic carbocycles. The van der Waals surface area contributed by atoms with Crippen molar-refractivity contribution in [3.63, 3.8) is 0 Å². The first kappa shape index (κ1) is 25.7. The maximum atomic E-state index is 10.1. The molecule has 0 atom stereocenters. The van der Waals surface area contributed by atoms with Crippen LogP contribution < -0.4 is 17.2 Å². The monoisotopic (exact) mass is 275 g/mol. The summed E-state index contributed by atoms with van der Waals surface area (Å²) in [6.45, 7) is 2.23. The van der Waals surface area contributed by atoms with Crippen molar-refractivity contribution in [2.45, 2.75) is 32.6 Å². The zero-order chi connectivity index (χ0) is 14.7. The van der Waals surface area contributed by atoms with Gasteiger partial charge in [-0.05, 0) is 27.6 Å². The summed E-state index contributed by atoms with van der Waals surface area (Å²) in [5.41, 5.74) is 13.5. The van der Waals surface area contributed by atoms with Gasteiger partial charge in [-0.3, -0.25) is 4.52 Å². The third-order valence-electron chi connectivity index (χ3n) is 1.26. The molecule has 0 rings (SSSR count). The minimum absolute atomic E-state index is 0.157. The van der Waals surface area contributed by atoms with E-state index in [1.54, 1.807) is 0 Å². The van der Waals surface area contributed by atoms with Gasteiger partial charge in [0.25, 0.3) is 0 Å². The molecule has 0 unspecified atom stereocenters. The summed E-state index contributed by atoms with van der Waals surface area (Å²) in [7, 11) is 0.286. The van der Waals surface area contributed by atoms with Gasteiger partial charge >= 0.3 is 7.82 Å². The molecule has 110 valence electrons. The summed E-state index contributed by atoms with van der Waals surface area (Å²) in [4.78, 5) is 16.5. The number of hydrogen-bond acceptors (Lipinski definition) is 5. The predicted molar refractivity (Wildman–Crippen MR) is 72.5 cm³/mol. The second-order valence-electron chi connectivity index (χ2n) is 2.38. The van der Waals surface area contributed by atoms with Crippen LogP contribution in [0.2, 0.25) is 0 Å². The van der Waals surface area contributed by atoms with Crippen LogP contribution in [-0.2, 0) is 9.09 Å². The van der Waals surface area contributed by atoms with Crippen molar-refractivity contribution >= 4 is 7.82 Å². The number of phosphoric acid groups is 1. The van der Waals surface area contributed by atoms with E-state index in [1.165, 1.54) is 21.1 Å². The Morgan fingerprint density at radius 1 is 0.941 bits per heavy atom. The summed E-state index contributed by atoms with van der Waals surface area (Å²) >= 11 is 0. The lowest BCUT2D eigenvalue weighted by molar-refractivity contribution is 0.193. The molecular weight excluding hydrogens is 245 g/mol. The van der Waals surface area contributed by atoms with E-state index in [1.807, 2.05) is 0 Å². The average Bonchev–Trinajstić information content (AvgIpc) is 2.35. The van der Waals surface area contributed by atoms with Crippen LogP contribution in [0.1, 0.15) is 32.6 Å². The van der Waals surface area contributed by atoms with Crippen LogP contribution in [0.25, 0.3) is 0 Å². The Balaban J connectivity index is -0.000000121. The number of phosphoric ester groups is 1. The quantitative estimate of drug-likeness (QED) is 0.348. The Morgan fingerprint density at radius 3 is 1.65 bits per heavy atom. The Bertz CT molecular complexity index is 144. The first-order valence-electron chi connectivity index (χ1n) is 5.49. The Hall–Kier alpha value is -0.0100. The van der Waals surface area contributed by atoms with Gasteiger partial charge in [-0.1, -0.05) is 26.2 Å². The van der Waals surface area contributed by atoms with Crippen LogP contribution in [0, 0.1) is 0 Å². The van der Waals surface area contributed by atoms with Crippen LogP contribution in [0.15, 0.2) is 0 Å². The molecule has 0 spiro atoms. The fraction of sp³-hybridized carbons (Fsp3) is 1.00. The van der Waals surface area contributed by atoms with Gasteiger partial charge in [0.1, 0.15) is 0 Å². The molecule has 8 heteroatoms. The Morgan fingerprint density at radius 2 is 1.35 bits per heavy atom. The van der Waals surface area contributed by atoms with Gasteiger partial charge in [-0.2, -0.15) is 0 Å². The van der Waals surface area contributed by atoms with Crippen molar-refractivity contribution in [1.82, 2.24) is 0 Å². The minimum Gasteiger partial charge on any atom is -0.333 e. The molecule has 0 radical (unpaired) electrons. The second-order valence-corrected chi connectivity index (χ2v) is 3.62. The predicted octanol–water partition coefficient (Wildman–Crippen LogP) is 0.401. The van der Waals surface area contributed by atoms with Gasteiger partial charge in [0, 0.05) is 0 Å². The van der Waals surface area contributed by atoms with Crippen molar-refractivity contribution in [3.05, 3.63) is 0 Å². The molecule has 0 aromatic heterocycles. The molecule has 0 aliphatic rings. The van der Waals surface area contributed by atoms with E-state index in [9.17, 15) is 4.57 Å². The number of unbranched alkanes of at least 4 members (excludes halogenated alkanes) is 3. The van der Waals surface area contributed by atoms with Gasteiger partial charge in [0.15, 0.2) is 0 Å². The van der Waals surface area contributed by atoms with Crippen LogP contribution in [-0.4, -0.2) is 37.5 Å². The highest BCUT2D eigenvalue weighted by atomic mass is 31.2. The molecule has 8 N–H and O–H groups in total. The Labute approximate surface area is 105 Å². The SMILES string of the molecule is CCCCCCOP(=O)(O)O.CN.CN.CN. The maximum Gasteiger partial charge on any atom is 0.469 e. The van der Waals surface area contributed by atoms with Gasteiger partial charge in [0.05, 0.1) is 6.61 Å². The fourth-order valence-electron chi connectivity index (χ4n) is 0.712. The molecule has 0 saturated heterocycles. The van der Waals surface area contributed by atoms with Crippen molar-refractivity contribution in [1.29, 1.82) is 0 Å². The molecule has 0 fully saturated rings. The third-order valence-corrected chi connectivity index (χ3v) is 1.78. The van der Waals surface area contributed by atoms with Crippen LogP contribution in [0.4, 0.5) is 0 Å². The minimum atomic E-state index is -4.21. The normalized spacial score (nSPS) is 8.76. The number of hydrogen-bond donors (Lipinski definition) is 5. The van der Waals surface area contributed by atoms with Crippen molar-refractivity contribution in [3.8, 4) is 0 Å². The first-order chi connectivity index (χ1) is 8.06. The zero-order valence-corrected chi connectivity index (χ0v) is 12.3. The lowest BCUT2D eigenvalue weighted by Crippen LogP contribution is -1.91. The van der Waals surface area contributed by atoms with E-state index >= 15 is 0 Å². The van der Waals surface area contributed by atoms with E-state index in [2.05, 4.69) is 28.6 Å².